The van der Waals surface area contributed by atoms with Gasteiger partial charge in [-0.25, -0.2) is 0 Å². The van der Waals surface area contributed by atoms with Crippen molar-refractivity contribution in [2.75, 3.05) is 25.1 Å². The van der Waals surface area contributed by atoms with E-state index in [1.807, 2.05) is 13.0 Å². The Morgan fingerprint density at radius 1 is 1.21 bits per heavy atom. The first-order valence-electron chi connectivity index (χ1n) is 9.07. The summed E-state index contributed by atoms with van der Waals surface area (Å²) in [7, 11) is 0. The number of halogens is 1. The van der Waals surface area contributed by atoms with Crippen LogP contribution in [0.3, 0.4) is 0 Å². The second-order valence-electron chi connectivity index (χ2n) is 6.49. The Bertz CT molecular complexity index is 943. The first-order chi connectivity index (χ1) is 13.9. The number of fused-ring (bicyclic) bond motifs is 1. The molecule has 0 radical (unpaired) electrons. The fourth-order valence-electron chi connectivity index (χ4n) is 2.67. The topological polar surface area (TPSA) is 90.9 Å². The van der Waals surface area contributed by atoms with E-state index in [-0.39, 0.29) is 31.3 Å². The number of nitrogens with one attached hydrogen (secondary N) is 1. The Morgan fingerprint density at radius 3 is 2.83 bits per heavy atom. The number of carbonyl (C=O) groups is 3. The van der Waals surface area contributed by atoms with Gasteiger partial charge in [0.2, 0.25) is 0 Å². The van der Waals surface area contributed by atoms with Gasteiger partial charge in [0, 0.05) is 17.0 Å². The summed E-state index contributed by atoms with van der Waals surface area (Å²) in [6, 6.07) is 10.0. The van der Waals surface area contributed by atoms with Gasteiger partial charge in [-0.2, -0.15) is 0 Å². The zero-order chi connectivity index (χ0) is 20.8. The smallest absolute Gasteiger partial charge is 0.306 e. The molecule has 0 aliphatic carbocycles. The fraction of sp³-hybridized carbons (Fsp3) is 0.286. The Kier molecular flexibility index (Phi) is 6.72. The predicted molar refractivity (Wildman–Crippen MR) is 107 cm³/mol. The van der Waals surface area contributed by atoms with Gasteiger partial charge in [0.1, 0.15) is 11.5 Å². The van der Waals surface area contributed by atoms with E-state index >= 15 is 0 Å². The monoisotopic (exact) mass is 417 g/mol. The van der Waals surface area contributed by atoms with Gasteiger partial charge in [0.25, 0.3) is 5.91 Å². The zero-order valence-corrected chi connectivity index (χ0v) is 16.6. The molecule has 0 saturated heterocycles. The molecule has 3 rings (SSSR count). The lowest BCUT2D eigenvalue weighted by Crippen LogP contribution is -2.25. The van der Waals surface area contributed by atoms with Crippen molar-refractivity contribution in [1.82, 2.24) is 0 Å². The molecule has 0 fully saturated rings. The normalized spacial score (nSPS) is 12.4. The van der Waals surface area contributed by atoms with Crippen molar-refractivity contribution in [3.8, 4) is 11.5 Å². The Hall–Kier alpha value is -3.06. The zero-order valence-electron chi connectivity index (χ0n) is 15.8. The Morgan fingerprint density at radius 2 is 2.03 bits per heavy atom. The molecule has 0 atom stereocenters. The van der Waals surface area contributed by atoms with Crippen molar-refractivity contribution in [3.63, 3.8) is 0 Å². The number of amides is 1. The van der Waals surface area contributed by atoms with E-state index in [0.717, 1.165) is 5.56 Å². The average molecular weight is 418 g/mol. The molecule has 7 nitrogen and oxygen atoms in total. The maximum Gasteiger partial charge on any atom is 0.306 e. The number of hydrogen-bond acceptors (Lipinski definition) is 6. The van der Waals surface area contributed by atoms with Crippen LogP contribution < -0.4 is 14.8 Å². The van der Waals surface area contributed by atoms with E-state index < -0.39 is 5.97 Å². The van der Waals surface area contributed by atoms with E-state index in [9.17, 15) is 14.4 Å². The van der Waals surface area contributed by atoms with Gasteiger partial charge in [-0.05, 0) is 55.3 Å². The minimum absolute atomic E-state index is 0.0563. The van der Waals surface area contributed by atoms with Crippen molar-refractivity contribution in [1.29, 1.82) is 0 Å². The SMILES string of the molecule is Cc1cc(OCCCC(=O)OCC(=O)c2ccc3c(c2)NC(=O)CO3)ccc1Cl. The van der Waals surface area contributed by atoms with Crippen LogP contribution in [-0.2, 0) is 14.3 Å². The maximum atomic E-state index is 12.2. The molecular weight excluding hydrogens is 398 g/mol. The van der Waals surface area contributed by atoms with Crippen LogP contribution in [-0.4, -0.2) is 37.5 Å². The molecular formula is C21H20ClNO6. The number of Topliss-reactive ketones (excluding diaryl/α,β-unsaturated/α-hetero) is 1. The number of ketones is 1. The van der Waals surface area contributed by atoms with Gasteiger partial charge in [0.05, 0.1) is 12.3 Å². The van der Waals surface area contributed by atoms with E-state index in [2.05, 4.69) is 5.32 Å². The summed E-state index contributed by atoms with van der Waals surface area (Å²) in [5.41, 5.74) is 1.66. The maximum absolute atomic E-state index is 12.2. The number of ether oxygens (including phenoxy) is 3. The third kappa shape index (κ3) is 5.71. The van der Waals surface area contributed by atoms with Gasteiger partial charge < -0.3 is 19.5 Å². The highest BCUT2D eigenvalue weighted by molar-refractivity contribution is 6.31. The number of hydrogen-bond donors (Lipinski definition) is 1. The summed E-state index contributed by atoms with van der Waals surface area (Å²) in [6.45, 7) is 1.80. The molecule has 1 N–H and O–H groups in total. The van der Waals surface area contributed by atoms with Crippen LogP contribution in [0.15, 0.2) is 36.4 Å². The molecule has 0 spiro atoms. The summed E-state index contributed by atoms with van der Waals surface area (Å²) >= 11 is 5.96. The van der Waals surface area contributed by atoms with Crippen molar-refractivity contribution in [2.24, 2.45) is 0 Å². The van der Waals surface area contributed by atoms with E-state index in [4.69, 9.17) is 25.8 Å². The molecule has 1 aliphatic heterocycles. The molecule has 2 aromatic carbocycles. The van der Waals surface area contributed by atoms with Gasteiger partial charge >= 0.3 is 5.97 Å². The van der Waals surface area contributed by atoms with Crippen LogP contribution in [0.5, 0.6) is 11.5 Å². The molecule has 152 valence electrons. The Labute approximate surface area is 172 Å². The van der Waals surface area contributed by atoms with Crippen LogP contribution in [0.2, 0.25) is 5.02 Å². The van der Waals surface area contributed by atoms with E-state index in [1.54, 1.807) is 24.3 Å². The molecule has 2 aromatic rings. The number of aryl methyl sites for hydroxylation is 1. The number of benzene rings is 2. The summed E-state index contributed by atoms with van der Waals surface area (Å²) < 4.78 is 15.8. The summed E-state index contributed by atoms with van der Waals surface area (Å²) in [6.07, 6.45) is 0.588. The van der Waals surface area contributed by atoms with E-state index in [0.29, 0.717) is 40.8 Å². The van der Waals surface area contributed by atoms with Crippen molar-refractivity contribution < 1.29 is 28.6 Å². The van der Waals surface area contributed by atoms with E-state index in [1.165, 1.54) is 6.07 Å². The summed E-state index contributed by atoms with van der Waals surface area (Å²) in [5.74, 6) is 0.0372. The van der Waals surface area contributed by atoms with Crippen molar-refractivity contribution >= 4 is 34.9 Å². The molecule has 0 aromatic heterocycles. The van der Waals surface area contributed by atoms with Gasteiger partial charge in [-0.1, -0.05) is 11.6 Å². The molecule has 0 unspecified atom stereocenters. The second-order valence-corrected chi connectivity index (χ2v) is 6.90. The molecule has 0 bridgehead atoms. The number of rotatable bonds is 8. The van der Waals surface area contributed by atoms with Crippen LogP contribution >= 0.6 is 11.6 Å². The third-order valence-corrected chi connectivity index (χ3v) is 4.65. The highest BCUT2D eigenvalue weighted by Gasteiger charge is 2.18. The fourth-order valence-corrected chi connectivity index (χ4v) is 2.79. The predicted octanol–water partition coefficient (Wildman–Crippen LogP) is 3.56. The highest BCUT2D eigenvalue weighted by atomic mass is 35.5. The first-order valence-corrected chi connectivity index (χ1v) is 9.44. The lowest BCUT2D eigenvalue weighted by Gasteiger charge is -2.18. The van der Waals surface area contributed by atoms with Crippen LogP contribution in [0.25, 0.3) is 0 Å². The third-order valence-electron chi connectivity index (χ3n) is 4.22. The standard InChI is InChI=1S/C21H20ClNO6/c1-13-9-15(5-6-16(13)22)27-8-2-3-21(26)29-11-18(24)14-4-7-19-17(10-14)23-20(25)12-28-19/h4-7,9-10H,2-3,8,11-12H2,1H3,(H,23,25). The minimum Gasteiger partial charge on any atom is -0.494 e. The lowest BCUT2D eigenvalue weighted by atomic mass is 10.1. The Balaban J connectivity index is 1.40. The molecule has 1 amide bonds. The number of anilines is 1. The van der Waals surface area contributed by atoms with Crippen LogP contribution in [0.4, 0.5) is 5.69 Å². The number of esters is 1. The second kappa shape index (κ2) is 9.43. The lowest BCUT2D eigenvalue weighted by molar-refractivity contribution is -0.142. The van der Waals surface area contributed by atoms with Gasteiger partial charge in [-0.15, -0.1) is 0 Å². The first kappa shape index (κ1) is 20.7. The van der Waals surface area contributed by atoms with Crippen LogP contribution in [0.1, 0.15) is 28.8 Å². The average Bonchev–Trinajstić information content (AvgIpc) is 2.71. The molecule has 29 heavy (non-hydrogen) atoms. The highest BCUT2D eigenvalue weighted by Crippen LogP contribution is 2.28. The van der Waals surface area contributed by atoms with Crippen LogP contribution in [0, 0.1) is 6.92 Å². The van der Waals surface area contributed by atoms with Crippen molar-refractivity contribution in [2.45, 2.75) is 19.8 Å². The van der Waals surface area contributed by atoms with Gasteiger partial charge in [0.15, 0.2) is 19.0 Å². The summed E-state index contributed by atoms with van der Waals surface area (Å²) in [5, 5.41) is 3.30. The minimum atomic E-state index is -0.483. The molecule has 1 heterocycles. The molecule has 1 aliphatic rings. The number of carbonyl (C=O) groups excluding carboxylic acids is 3. The van der Waals surface area contributed by atoms with Gasteiger partial charge in [-0.3, -0.25) is 14.4 Å². The van der Waals surface area contributed by atoms with Crippen molar-refractivity contribution in [3.05, 3.63) is 52.5 Å². The summed E-state index contributed by atoms with van der Waals surface area (Å²) in [4.78, 5) is 35.4. The molecule has 8 heteroatoms. The molecule has 0 saturated carbocycles. The quantitative estimate of drug-likeness (QED) is 0.401. The largest absolute Gasteiger partial charge is 0.494 e.